The minimum atomic E-state index is -0.431. The van der Waals surface area contributed by atoms with Crippen LogP contribution in [0.1, 0.15) is 36.0 Å². The third-order valence-corrected chi connectivity index (χ3v) is 4.75. The Kier molecular flexibility index (Phi) is 3.76. The number of ketones is 1. The average Bonchev–Trinajstić information content (AvgIpc) is 3.31. The molecule has 0 saturated heterocycles. The summed E-state index contributed by atoms with van der Waals surface area (Å²) in [4.78, 5) is 27.6. The number of carbonyl (C=O) groups excluding carboxylic acids is 1. The fourth-order valence-corrected chi connectivity index (χ4v) is 3.47. The van der Waals surface area contributed by atoms with Gasteiger partial charge in [-0.05, 0) is 18.9 Å². The molecular formula is C18H16N4O3. The van der Waals surface area contributed by atoms with Gasteiger partial charge in [-0.1, -0.05) is 25.0 Å². The van der Waals surface area contributed by atoms with Gasteiger partial charge >= 0.3 is 0 Å². The van der Waals surface area contributed by atoms with Crippen molar-refractivity contribution in [2.45, 2.75) is 25.7 Å². The molecule has 2 heterocycles. The number of rotatable bonds is 4. The van der Waals surface area contributed by atoms with Crippen LogP contribution in [0.25, 0.3) is 16.9 Å². The van der Waals surface area contributed by atoms with E-state index in [0.29, 0.717) is 22.5 Å². The molecule has 1 aliphatic rings. The monoisotopic (exact) mass is 336 g/mol. The van der Waals surface area contributed by atoms with Gasteiger partial charge in [0.15, 0.2) is 11.4 Å². The van der Waals surface area contributed by atoms with Gasteiger partial charge in [-0.25, -0.2) is 9.50 Å². The standard InChI is InChI=1S/C18H16N4O3/c23-17(12-4-1-2-5-12)15-11-20-21-16(8-9-19-18(15)21)13-6-3-7-14(10-13)22(24)25/h3,6-12H,1-2,4-5H2. The summed E-state index contributed by atoms with van der Waals surface area (Å²) in [5.41, 5.74) is 2.36. The third-order valence-electron chi connectivity index (χ3n) is 4.75. The lowest BCUT2D eigenvalue weighted by atomic mass is 9.98. The number of benzene rings is 1. The molecule has 3 aromatic rings. The van der Waals surface area contributed by atoms with E-state index < -0.39 is 4.92 Å². The van der Waals surface area contributed by atoms with Crippen molar-refractivity contribution in [3.63, 3.8) is 0 Å². The Hall–Kier alpha value is -3.09. The quantitative estimate of drug-likeness (QED) is 0.412. The zero-order valence-corrected chi connectivity index (χ0v) is 13.5. The molecule has 0 amide bonds. The molecule has 1 aliphatic carbocycles. The van der Waals surface area contributed by atoms with E-state index in [9.17, 15) is 14.9 Å². The lowest BCUT2D eigenvalue weighted by Gasteiger charge is -2.07. The van der Waals surface area contributed by atoms with Crippen molar-refractivity contribution in [1.82, 2.24) is 14.6 Å². The summed E-state index contributed by atoms with van der Waals surface area (Å²) in [5, 5.41) is 15.3. The fourth-order valence-electron chi connectivity index (χ4n) is 3.47. The average molecular weight is 336 g/mol. The number of non-ortho nitro benzene ring substituents is 1. The smallest absolute Gasteiger partial charge is 0.270 e. The van der Waals surface area contributed by atoms with Gasteiger partial charge in [-0.3, -0.25) is 14.9 Å². The molecule has 1 saturated carbocycles. The Balaban J connectivity index is 1.80. The number of hydrogen-bond donors (Lipinski definition) is 0. The second-order valence-corrected chi connectivity index (χ2v) is 6.28. The van der Waals surface area contributed by atoms with Gasteiger partial charge < -0.3 is 0 Å². The highest BCUT2D eigenvalue weighted by Gasteiger charge is 2.27. The first kappa shape index (κ1) is 15.4. The van der Waals surface area contributed by atoms with Crippen molar-refractivity contribution in [2.75, 3.05) is 0 Å². The van der Waals surface area contributed by atoms with Crippen LogP contribution in [0.2, 0.25) is 0 Å². The molecule has 0 aliphatic heterocycles. The molecule has 4 rings (SSSR count). The van der Waals surface area contributed by atoms with E-state index in [1.165, 1.54) is 12.1 Å². The van der Waals surface area contributed by atoms with E-state index in [1.807, 2.05) is 0 Å². The number of hydrogen-bond acceptors (Lipinski definition) is 5. The van der Waals surface area contributed by atoms with Crippen LogP contribution in [-0.4, -0.2) is 25.3 Å². The predicted octanol–water partition coefficient (Wildman–Crippen LogP) is 3.68. The maximum absolute atomic E-state index is 12.7. The molecule has 7 nitrogen and oxygen atoms in total. The van der Waals surface area contributed by atoms with Crippen molar-refractivity contribution < 1.29 is 9.72 Å². The van der Waals surface area contributed by atoms with Crippen molar-refractivity contribution in [2.24, 2.45) is 5.92 Å². The second-order valence-electron chi connectivity index (χ2n) is 6.28. The number of nitro benzene ring substituents is 1. The lowest BCUT2D eigenvalue weighted by molar-refractivity contribution is -0.384. The van der Waals surface area contributed by atoms with Gasteiger partial charge in [-0.2, -0.15) is 5.10 Å². The summed E-state index contributed by atoms with van der Waals surface area (Å²) in [6, 6.07) is 8.09. The maximum Gasteiger partial charge on any atom is 0.270 e. The number of carbonyl (C=O) groups is 1. The highest BCUT2D eigenvalue weighted by molar-refractivity contribution is 6.03. The molecule has 126 valence electrons. The highest BCUT2D eigenvalue weighted by Crippen LogP contribution is 2.30. The van der Waals surface area contributed by atoms with Crippen molar-refractivity contribution in [3.8, 4) is 11.3 Å². The second kappa shape index (κ2) is 6.08. The molecule has 0 unspecified atom stereocenters. The lowest BCUT2D eigenvalue weighted by Crippen LogP contribution is -2.11. The van der Waals surface area contributed by atoms with Crippen molar-refractivity contribution in [1.29, 1.82) is 0 Å². The first-order valence-corrected chi connectivity index (χ1v) is 8.27. The molecule has 1 fully saturated rings. The molecule has 0 radical (unpaired) electrons. The van der Waals surface area contributed by atoms with Crippen LogP contribution in [0, 0.1) is 16.0 Å². The van der Waals surface area contributed by atoms with Gasteiger partial charge in [0.25, 0.3) is 5.69 Å². The first-order chi connectivity index (χ1) is 12.1. The van der Waals surface area contributed by atoms with Crippen LogP contribution in [0.5, 0.6) is 0 Å². The first-order valence-electron chi connectivity index (χ1n) is 8.27. The topological polar surface area (TPSA) is 90.4 Å². The molecule has 7 heteroatoms. The van der Waals surface area contributed by atoms with Crippen LogP contribution < -0.4 is 0 Å². The molecule has 25 heavy (non-hydrogen) atoms. The molecule has 0 atom stereocenters. The fraction of sp³-hybridized carbons (Fsp3) is 0.278. The van der Waals surface area contributed by atoms with Crippen molar-refractivity contribution >= 4 is 17.1 Å². The molecule has 1 aromatic carbocycles. The zero-order valence-electron chi connectivity index (χ0n) is 13.5. The summed E-state index contributed by atoms with van der Waals surface area (Å²) in [6.45, 7) is 0. The summed E-state index contributed by atoms with van der Waals surface area (Å²) < 4.78 is 1.58. The van der Waals surface area contributed by atoms with Crippen LogP contribution in [-0.2, 0) is 0 Å². The highest BCUT2D eigenvalue weighted by atomic mass is 16.6. The number of nitrogens with zero attached hydrogens (tertiary/aromatic N) is 4. The normalized spacial score (nSPS) is 14.9. The number of aromatic nitrogens is 3. The molecule has 0 bridgehead atoms. The Morgan fingerprint density at radius 3 is 2.80 bits per heavy atom. The summed E-state index contributed by atoms with van der Waals surface area (Å²) >= 11 is 0. The minimum Gasteiger partial charge on any atom is -0.294 e. The van der Waals surface area contributed by atoms with E-state index >= 15 is 0 Å². The van der Waals surface area contributed by atoms with Crippen LogP contribution in [0.4, 0.5) is 5.69 Å². The van der Waals surface area contributed by atoms with Crippen LogP contribution in [0.15, 0.2) is 42.7 Å². The van der Waals surface area contributed by atoms with E-state index in [1.54, 1.807) is 35.1 Å². The van der Waals surface area contributed by atoms with E-state index in [2.05, 4.69) is 10.1 Å². The minimum absolute atomic E-state index is 0.0110. The number of nitro groups is 1. The largest absolute Gasteiger partial charge is 0.294 e. The van der Waals surface area contributed by atoms with Crippen molar-refractivity contribution in [3.05, 3.63) is 58.4 Å². The summed E-state index contributed by atoms with van der Waals surface area (Å²) in [6.07, 6.45) is 7.17. The Morgan fingerprint density at radius 1 is 1.24 bits per heavy atom. The zero-order chi connectivity index (χ0) is 17.4. The number of Topliss-reactive ketones (excluding diaryl/α,β-unsaturated/α-hetero) is 1. The van der Waals surface area contributed by atoms with Crippen LogP contribution >= 0.6 is 0 Å². The number of fused-ring (bicyclic) bond motifs is 1. The molecule has 0 spiro atoms. The van der Waals surface area contributed by atoms with Gasteiger partial charge in [0, 0.05) is 29.8 Å². The SMILES string of the molecule is O=C(c1cnn2c(-c3cccc([N+](=O)[O-])c3)ccnc12)C1CCCC1. The summed E-state index contributed by atoms with van der Waals surface area (Å²) in [5.74, 6) is 0.146. The molecule has 0 N–H and O–H groups in total. The molecular weight excluding hydrogens is 320 g/mol. The Bertz CT molecular complexity index is 973. The predicted molar refractivity (Wildman–Crippen MR) is 91.4 cm³/mol. The summed E-state index contributed by atoms with van der Waals surface area (Å²) in [7, 11) is 0. The van der Waals surface area contributed by atoms with Crippen LogP contribution in [0.3, 0.4) is 0 Å². The van der Waals surface area contributed by atoms with Gasteiger partial charge in [0.1, 0.15) is 0 Å². The van der Waals surface area contributed by atoms with E-state index in [0.717, 1.165) is 25.7 Å². The van der Waals surface area contributed by atoms with Gasteiger partial charge in [0.2, 0.25) is 0 Å². The van der Waals surface area contributed by atoms with E-state index in [4.69, 9.17) is 0 Å². The maximum atomic E-state index is 12.7. The Labute approximate surface area is 143 Å². The van der Waals surface area contributed by atoms with Gasteiger partial charge in [-0.15, -0.1) is 0 Å². The molecule has 2 aromatic heterocycles. The van der Waals surface area contributed by atoms with E-state index in [-0.39, 0.29) is 17.4 Å². The third kappa shape index (κ3) is 2.67. The Morgan fingerprint density at radius 2 is 2.04 bits per heavy atom. The van der Waals surface area contributed by atoms with Gasteiger partial charge in [0.05, 0.1) is 22.4 Å².